The van der Waals surface area contributed by atoms with Crippen LogP contribution in [0.2, 0.25) is 0 Å². The van der Waals surface area contributed by atoms with Crippen molar-refractivity contribution < 1.29 is 29.1 Å². The van der Waals surface area contributed by atoms with E-state index in [1.54, 1.807) is 34.6 Å². The number of benzene rings is 2. The first kappa shape index (κ1) is 39.9. The molecule has 0 radical (unpaired) electrons. The average molecular weight is 667 g/mol. The zero-order chi connectivity index (χ0) is 36.0. The molecule has 0 aliphatic carbocycles. The van der Waals surface area contributed by atoms with Gasteiger partial charge in [-0.15, -0.1) is 0 Å². The molecule has 3 unspecified atom stereocenters. The van der Waals surface area contributed by atoms with E-state index < -0.39 is 65.8 Å². The number of nitrogens with two attached hydrogens (primary N) is 2. The van der Waals surface area contributed by atoms with E-state index in [0.29, 0.717) is 19.3 Å². The van der Waals surface area contributed by atoms with Gasteiger partial charge in [0.25, 0.3) is 0 Å². The van der Waals surface area contributed by atoms with Crippen LogP contribution in [0.1, 0.15) is 65.5 Å². The van der Waals surface area contributed by atoms with Gasteiger partial charge in [-0.05, 0) is 41.7 Å². The monoisotopic (exact) mass is 666 g/mol. The molecule has 264 valence electrons. The van der Waals surface area contributed by atoms with E-state index >= 15 is 0 Å². The van der Waals surface area contributed by atoms with Crippen molar-refractivity contribution >= 4 is 29.6 Å². The molecule has 0 spiro atoms. The van der Waals surface area contributed by atoms with Crippen molar-refractivity contribution in [3.8, 4) is 0 Å². The van der Waals surface area contributed by atoms with Crippen LogP contribution in [-0.4, -0.2) is 71.0 Å². The lowest BCUT2D eigenvalue weighted by Crippen LogP contribution is -2.59. The van der Waals surface area contributed by atoms with E-state index in [4.69, 9.17) is 11.5 Å². The molecule has 0 saturated heterocycles. The smallest absolute Gasteiger partial charge is 0.326 e. The summed E-state index contributed by atoms with van der Waals surface area (Å²) in [6, 6.07) is 13.2. The summed E-state index contributed by atoms with van der Waals surface area (Å²) in [5.74, 6) is -4.16. The van der Waals surface area contributed by atoms with Crippen molar-refractivity contribution in [3.63, 3.8) is 0 Å². The standard InChI is InChI=1S/C36H54N6O6/c1-7-23(6)32(35(46)42-31(22(4)5)36(47)48)40-29(43)20-26(37)28(19-25-16-12-9-13-17-25)39-34(45)30(21(2)3)41-33(44)27(38)18-24-14-10-8-11-15-24/h8-17,21-23,26-28,30-32H,7,18-20,37-38H2,1-6H3,(H,39,45)(H,40,43)(H,41,44)(H,42,46)(H,47,48)/t23-,26-,27?,28-,30?,31?,32-/m0/s1. The molecule has 48 heavy (non-hydrogen) atoms. The lowest BCUT2D eigenvalue weighted by atomic mass is 9.94. The van der Waals surface area contributed by atoms with E-state index in [2.05, 4.69) is 21.3 Å². The molecule has 4 amide bonds. The number of hydrogen-bond donors (Lipinski definition) is 7. The average Bonchev–Trinajstić information content (AvgIpc) is 3.04. The van der Waals surface area contributed by atoms with Crippen molar-refractivity contribution in [3.05, 3.63) is 71.8 Å². The van der Waals surface area contributed by atoms with Crippen molar-refractivity contribution in [2.45, 2.75) is 103 Å². The zero-order valence-corrected chi connectivity index (χ0v) is 28.9. The summed E-state index contributed by atoms with van der Waals surface area (Å²) >= 11 is 0. The van der Waals surface area contributed by atoms with Gasteiger partial charge in [-0.1, -0.05) is 109 Å². The van der Waals surface area contributed by atoms with Crippen LogP contribution in [-0.2, 0) is 36.8 Å². The molecule has 7 atom stereocenters. The van der Waals surface area contributed by atoms with Gasteiger partial charge in [0.15, 0.2) is 0 Å². The maximum Gasteiger partial charge on any atom is 0.326 e. The highest BCUT2D eigenvalue weighted by Gasteiger charge is 2.33. The summed E-state index contributed by atoms with van der Waals surface area (Å²) in [7, 11) is 0. The van der Waals surface area contributed by atoms with Crippen LogP contribution in [0.15, 0.2) is 60.7 Å². The largest absolute Gasteiger partial charge is 0.480 e. The van der Waals surface area contributed by atoms with Gasteiger partial charge in [-0.3, -0.25) is 19.2 Å². The summed E-state index contributed by atoms with van der Waals surface area (Å²) in [5, 5.41) is 20.6. The van der Waals surface area contributed by atoms with E-state index in [1.807, 2.05) is 67.6 Å². The molecule has 0 fully saturated rings. The number of carboxylic acids is 1. The zero-order valence-electron chi connectivity index (χ0n) is 28.9. The van der Waals surface area contributed by atoms with Crippen molar-refractivity contribution in [1.82, 2.24) is 21.3 Å². The van der Waals surface area contributed by atoms with Crippen LogP contribution in [0.3, 0.4) is 0 Å². The fourth-order valence-electron chi connectivity index (χ4n) is 5.25. The Morgan fingerprint density at radius 1 is 0.646 bits per heavy atom. The second-order valence-corrected chi connectivity index (χ2v) is 13.2. The number of carbonyl (C=O) groups is 5. The highest BCUT2D eigenvalue weighted by molar-refractivity contribution is 5.91. The Balaban J connectivity index is 2.20. The van der Waals surface area contributed by atoms with E-state index in [1.165, 1.54) is 0 Å². The number of aliphatic carboxylic acids is 1. The molecule has 0 aromatic heterocycles. The Kier molecular flexibility index (Phi) is 16.2. The molecule has 0 aliphatic rings. The Hall–Kier alpha value is -4.29. The number of amides is 4. The van der Waals surface area contributed by atoms with Crippen LogP contribution in [0.25, 0.3) is 0 Å². The lowest BCUT2D eigenvalue weighted by molar-refractivity contribution is -0.143. The first-order valence-electron chi connectivity index (χ1n) is 16.7. The fraction of sp³-hybridized carbons (Fsp3) is 0.528. The SMILES string of the molecule is CC[C@H](C)[C@H](NC(=O)C[C@H](N)[C@H](Cc1ccccc1)NC(=O)C(NC(=O)C(N)Cc1ccccc1)C(C)C)C(=O)NC(C(=O)O)C(C)C. The molecule has 12 nitrogen and oxygen atoms in total. The normalized spacial score (nSPS) is 15.7. The first-order valence-corrected chi connectivity index (χ1v) is 16.7. The third-order valence-electron chi connectivity index (χ3n) is 8.49. The molecule has 2 aromatic rings. The van der Waals surface area contributed by atoms with E-state index in [-0.39, 0.29) is 24.2 Å². The maximum atomic E-state index is 13.7. The molecule has 2 rings (SSSR count). The quantitative estimate of drug-likeness (QED) is 0.118. The third-order valence-corrected chi connectivity index (χ3v) is 8.49. The second-order valence-electron chi connectivity index (χ2n) is 13.2. The number of carbonyl (C=O) groups excluding carboxylic acids is 4. The number of nitrogens with one attached hydrogen (secondary N) is 4. The minimum Gasteiger partial charge on any atom is -0.480 e. The molecule has 0 aliphatic heterocycles. The Morgan fingerprint density at radius 3 is 1.60 bits per heavy atom. The summed E-state index contributed by atoms with van der Waals surface area (Å²) in [4.78, 5) is 64.9. The molecule has 12 heteroatoms. The minimum absolute atomic E-state index is 0.231. The summed E-state index contributed by atoms with van der Waals surface area (Å²) in [6.07, 6.45) is 0.927. The van der Waals surface area contributed by atoms with Gasteiger partial charge in [-0.25, -0.2) is 4.79 Å². The van der Waals surface area contributed by atoms with Gasteiger partial charge < -0.3 is 37.8 Å². The van der Waals surface area contributed by atoms with Gasteiger partial charge in [0, 0.05) is 18.5 Å². The summed E-state index contributed by atoms with van der Waals surface area (Å²) in [5.41, 5.74) is 14.5. The highest BCUT2D eigenvalue weighted by atomic mass is 16.4. The topological polar surface area (TPSA) is 206 Å². The molecule has 9 N–H and O–H groups in total. The van der Waals surface area contributed by atoms with E-state index in [9.17, 15) is 29.1 Å². The van der Waals surface area contributed by atoms with Crippen molar-refractivity contribution in [2.24, 2.45) is 29.2 Å². The first-order chi connectivity index (χ1) is 22.6. The van der Waals surface area contributed by atoms with Gasteiger partial charge in [0.1, 0.15) is 18.1 Å². The maximum absolute atomic E-state index is 13.7. The summed E-state index contributed by atoms with van der Waals surface area (Å²) < 4.78 is 0. The van der Waals surface area contributed by atoms with Gasteiger partial charge in [0.2, 0.25) is 23.6 Å². The number of hydrogen-bond acceptors (Lipinski definition) is 7. The van der Waals surface area contributed by atoms with Crippen LogP contribution in [0, 0.1) is 17.8 Å². The predicted octanol–water partition coefficient (Wildman–Crippen LogP) is 1.90. The van der Waals surface area contributed by atoms with Crippen LogP contribution < -0.4 is 32.7 Å². The minimum atomic E-state index is -1.16. The molecule has 0 bridgehead atoms. The van der Waals surface area contributed by atoms with Gasteiger partial charge >= 0.3 is 5.97 Å². The van der Waals surface area contributed by atoms with Crippen LogP contribution in [0.5, 0.6) is 0 Å². The fourth-order valence-corrected chi connectivity index (χ4v) is 5.25. The molecule has 0 saturated carbocycles. The molecule has 0 heterocycles. The third kappa shape index (κ3) is 12.7. The lowest BCUT2D eigenvalue weighted by Gasteiger charge is -2.30. The number of carboxylic acid groups (broad SMARTS) is 1. The highest BCUT2D eigenvalue weighted by Crippen LogP contribution is 2.14. The predicted molar refractivity (Wildman–Crippen MR) is 185 cm³/mol. The van der Waals surface area contributed by atoms with Crippen molar-refractivity contribution in [2.75, 3.05) is 0 Å². The van der Waals surface area contributed by atoms with Gasteiger partial charge in [-0.2, -0.15) is 0 Å². The van der Waals surface area contributed by atoms with Crippen molar-refractivity contribution in [1.29, 1.82) is 0 Å². The Labute approximate surface area is 284 Å². The molecular weight excluding hydrogens is 612 g/mol. The second kappa shape index (κ2) is 19.5. The number of rotatable bonds is 19. The summed E-state index contributed by atoms with van der Waals surface area (Å²) in [6.45, 7) is 10.6. The molecular formula is C36H54N6O6. The molecule has 2 aromatic carbocycles. The Bertz CT molecular complexity index is 1340. The van der Waals surface area contributed by atoms with Crippen LogP contribution >= 0.6 is 0 Å². The van der Waals surface area contributed by atoms with Crippen LogP contribution in [0.4, 0.5) is 0 Å². The van der Waals surface area contributed by atoms with Gasteiger partial charge in [0.05, 0.1) is 6.04 Å². The van der Waals surface area contributed by atoms with E-state index in [0.717, 1.165) is 11.1 Å². The Morgan fingerprint density at radius 2 is 1.12 bits per heavy atom.